The number of benzene rings is 2. The molecule has 1 N–H and O–H groups in total. The molecule has 1 aliphatic heterocycles. The first-order valence-corrected chi connectivity index (χ1v) is 12.2. The molecule has 0 bridgehead atoms. The summed E-state index contributed by atoms with van der Waals surface area (Å²) in [5, 5.41) is 15.3. The first-order valence-electron chi connectivity index (χ1n) is 9.99. The van der Waals surface area contributed by atoms with Gasteiger partial charge < -0.3 is 14.8 Å². The third kappa shape index (κ3) is 4.82. The van der Waals surface area contributed by atoms with Crippen molar-refractivity contribution in [2.45, 2.75) is 24.4 Å². The molecule has 1 amide bonds. The Kier molecular flexibility index (Phi) is 6.21. The summed E-state index contributed by atoms with van der Waals surface area (Å²) in [5.41, 5.74) is 2.22. The van der Waals surface area contributed by atoms with Gasteiger partial charge in [-0.2, -0.15) is 0 Å². The molecular weight excluding hydrogens is 482 g/mol. The van der Waals surface area contributed by atoms with Gasteiger partial charge in [0.15, 0.2) is 16.7 Å². The lowest BCUT2D eigenvalue weighted by atomic mass is 10.2. The van der Waals surface area contributed by atoms with Gasteiger partial charge in [0.05, 0.1) is 11.4 Å². The summed E-state index contributed by atoms with van der Waals surface area (Å²) in [6.07, 6.45) is 0. The Morgan fingerprint density at radius 2 is 2.09 bits per heavy atom. The van der Waals surface area contributed by atoms with Crippen molar-refractivity contribution in [2.24, 2.45) is 0 Å². The van der Waals surface area contributed by atoms with Crippen molar-refractivity contribution in [1.29, 1.82) is 0 Å². The smallest absolute Gasteiger partial charge is 0.271 e. The van der Waals surface area contributed by atoms with Crippen LogP contribution in [-0.2, 0) is 12.3 Å². The molecule has 0 unspecified atom stereocenters. The molecule has 168 valence electrons. The number of rotatable bonds is 7. The third-order valence-corrected chi connectivity index (χ3v) is 7.07. The molecule has 33 heavy (non-hydrogen) atoms. The zero-order chi connectivity index (χ0) is 22.8. The highest BCUT2D eigenvalue weighted by atomic mass is 35.5. The lowest BCUT2D eigenvalue weighted by Crippen LogP contribution is -2.23. The van der Waals surface area contributed by atoms with Crippen molar-refractivity contribution >= 4 is 40.6 Å². The fourth-order valence-corrected chi connectivity index (χ4v) is 5.25. The van der Waals surface area contributed by atoms with Gasteiger partial charge in [-0.05, 0) is 42.8 Å². The number of amides is 1. The van der Waals surface area contributed by atoms with E-state index in [0.717, 1.165) is 27.2 Å². The number of aryl methyl sites for hydroxylation is 1. The molecule has 8 nitrogen and oxygen atoms in total. The first-order chi connectivity index (χ1) is 16.1. The lowest BCUT2D eigenvalue weighted by molar-refractivity contribution is 0.0946. The van der Waals surface area contributed by atoms with Gasteiger partial charge in [0.25, 0.3) is 5.91 Å². The Bertz CT molecular complexity index is 1320. The molecule has 0 fully saturated rings. The maximum atomic E-state index is 12.5. The average molecular weight is 500 g/mol. The Morgan fingerprint density at radius 1 is 1.21 bits per heavy atom. The fraction of sp³-hybridized carbons (Fsp3) is 0.182. The number of nitrogens with one attached hydrogen (secondary N) is 1. The molecule has 0 spiro atoms. The van der Waals surface area contributed by atoms with E-state index in [1.165, 1.54) is 23.1 Å². The van der Waals surface area contributed by atoms with Gasteiger partial charge in [-0.25, -0.2) is 4.98 Å². The maximum absolute atomic E-state index is 12.5. The number of ether oxygens (including phenoxy) is 2. The standard InChI is InChI=1S/C22H18ClN5O3S2/c1-13-26-27-22(28(13)16-4-2-3-15(23)8-16)33-11-20-25-17(10-32-20)21(29)24-9-14-5-6-18-19(7-14)31-12-30-18/h2-8,10H,9,11-12H2,1H3,(H,24,29). The maximum Gasteiger partial charge on any atom is 0.271 e. The zero-order valence-corrected chi connectivity index (χ0v) is 19.8. The minimum Gasteiger partial charge on any atom is -0.454 e. The topological polar surface area (TPSA) is 91.2 Å². The molecule has 0 radical (unpaired) electrons. The highest BCUT2D eigenvalue weighted by Crippen LogP contribution is 2.32. The number of hydrogen-bond donors (Lipinski definition) is 1. The van der Waals surface area contributed by atoms with E-state index in [0.29, 0.717) is 34.5 Å². The van der Waals surface area contributed by atoms with E-state index in [1.807, 2.05) is 54.0 Å². The molecule has 0 saturated carbocycles. The van der Waals surface area contributed by atoms with Crippen LogP contribution in [0, 0.1) is 6.92 Å². The van der Waals surface area contributed by atoms with E-state index in [1.54, 1.807) is 5.38 Å². The molecule has 0 saturated heterocycles. The highest BCUT2D eigenvalue weighted by molar-refractivity contribution is 7.98. The Hall–Kier alpha value is -3.08. The van der Waals surface area contributed by atoms with E-state index >= 15 is 0 Å². The van der Waals surface area contributed by atoms with Crippen LogP contribution in [0.15, 0.2) is 53.0 Å². The number of carbonyl (C=O) groups is 1. The summed E-state index contributed by atoms with van der Waals surface area (Å²) < 4.78 is 12.6. The average Bonchev–Trinajstić information content (AvgIpc) is 3.55. The van der Waals surface area contributed by atoms with Crippen LogP contribution in [0.1, 0.15) is 26.9 Å². The van der Waals surface area contributed by atoms with Gasteiger partial charge in [0.2, 0.25) is 6.79 Å². The van der Waals surface area contributed by atoms with Crippen molar-refractivity contribution in [2.75, 3.05) is 6.79 Å². The van der Waals surface area contributed by atoms with Gasteiger partial charge in [-0.15, -0.1) is 21.5 Å². The summed E-state index contributed by atoms with van der Waals surface area (Å²) in [6, 6.07) is 13.1. The summed E-state index contributed by atoms with van der Waals surface area (Å²) in [4.78, 5) is 17.0. The fourth-order valence-electron chi connectivity index (χ4n) is 3.28. The van der Waals surface area contributed by atoms with Crippen LogP contribution in [0.2, 0.25) is 5.02 Å². The predicted molar refractivity (Wildman–Crippen MR) is 127 cm³/mol. The summed E-state index contributed by atoms with van der Waals surface area (Å²) >= 11 is 9.09. The van der Waals surface area contributed by atoms with Crippen molar-refractivity contribution in [1.82, 2.24) is 25.1 Å². The third-order valence-electron chi connectivity index (χ3n) is 4.86. The van der Waals surface area contributed by atoms with Gasteiger partial charge in [-0.1, -0.05) is 35.5 Å². The number of halogens is 1. The van der Waals surface area contributed by atoms with Crippen LogP contribution in [0.25, 0.3) is 5.69 Å². The van der Waals surface area contributed by atoms with Gasteiger partial charge in [-0.3, -0.25) is 9.36 Å². The largest absolute Gasteiger partial charge is 0.454 e. The number of fused-ring (bicyclic) bond motifs is 1. The molecule has 11 heteroatoms. The Balaban J connectivity index is 1.21. The summed E-state index contributed by atoms with van der Waals surface area (Å²) in [7, 11) is 0. The van der Waals surface area contributed by atoms with Crippen LogP contribution < -0.4 is 14.8 Å². The van der Waals surface area contributed by atoms with E-state index < -0.39 is 0 Å². The molecule has 2 aromatic carbocycles. The van der Waals surface area contributed by atoms with Crippen molar-refractivity contribution in [3.05, 3.63) is 75.0 Å². The van der Waals surface area contributed by atoms with Gasteiger partial charge in [0, 0.05) is 16.9 Å². The molecule has 2 aromatic heterocycles. The lowest BCUT2D eigenvalue weighted by Gasteiger charge is -2.08. The van der Waals surface area contributed by atoms with Crippen LogP contribution in [0.4, 0.5) is 0 Å². The van der Waals surface area contributed by atoms with Crippen molar-refractivity contribution in [3.63, 3.8) is 0 Å². The van der Waals surface area contributed by atoms with E-state index in [-0.39, 0.29) is 12.7 Å². The minimum atomic E-state index is -0.224. The van der Waals surface area contributed by atoms with Gasteiger partial charge >= 0.3 is 0 Å². The SMILES string of the molecule is Cc1nnc(SCc2nc(C(=O)NCc3ccc4c(c3)OCO4)cs2)n1-c1cccc(Cl)c1. The second-order valence-electron chi connectivity index (χ2n) is 7.13. The first kappa shape index (κ1) is 21.7. The summed E-state index contributed by atoms with van der Waals surface area (Å²) in [6.45, 7) is 2.49. The van der Waals surface area contributed by atoms with Crippen molar-refractivity contribution in [3.8, 4) is 17.2 Å². The summed E-state index contributed by atoms with van der Waals surface area (Å²) in [5.74, 6) is 2.52. The quantitative estimate of drug-likeness (QED) is 0.370. The van der Waals surface area contributed by atoms with Crippen LogP contribution >= 0.6 is 34.7 Å². The molecule has 0 atom stereocenters. The van der Waals surface area contributed by atoms with Crippen LogP contribution in [-0.4, -0.2) is 32.4 Å². The number of thiazole rings is 1. The molecular formula is C22H18ClN5O3S2. The Morgan fingerprint density at radius 3 is 2.97 bits per heavy atom. The van der Waals surface area contributed by atoms with Crippen LogP contribution in [0.3, 0.4) is 0 Å². The second-order valence-corrected chi connectivity index (χ2v) is 9.45. The molecule has 1 aliphatic rings. The molecule has 5 rings (SSSR count). The molecule has 0 aliphatic carbocycles. The zero-order valence-electron chi connectivity index (χ0n) is 17.4. The van der Waals surface area contributed by atoms with E-state index in [9.17, 15) is 4.79 Å². The second kappa shape index (κ2) is 9.42. The number of carbonyl (C=O) groups excluding carboxylic acids is 1. The molecule has 3 heterocycles. The van der Waals surface area contributed by atoms with Gasteiger partial charge in [0.1, 0.15) is 16.5 Å². The predicted octanol–water partition coefficient (Wildman–Crippen LogP) is 4.64. The number of aromatic nitrogens is 4. The highest BCUT2D eigenvalue weighted by Gasteiger charge is 2.16. The number of nitrogens with zero attached hydrogens (tertiary/aromatic N) is 4. The molecule has 4 aromatic rings. The number of thioether (sulfide) groups is 1. The Labute approximate surface area is 202 Å². The van der Waals surface area contributed by atoms with Crippen LogP contribution in [0.5, 0.6) is 11.5 Å². The van der Waals surface area contributed by atoms with E-state index in [2.05, 4.69) is 20.5 Å². The van der Waals surface area contributed by atoms with Crippen molar-refractivity contribution < 1.29 is 14.3 Å². The number of hydrogen-bond acceptors (Lipinski definition) is 8. The monoisotopic (exact) mass is 499 g/mol. The normalized spacial score (nSPS) is 12.2. The minimum absolute atomic E-state index is 0.222. The van der Waals surface area contributed by atoms with E-state index in [4.69, 9.17) is 21.1 Å².